The van der Waals surface area contributed by atoms with Gasteiger partial charge in [-0.2, -0.15) is 0 Å². The Hall–Kier alpha value is -1.19. The predicted octanol–water partition coefficient (Wildman–Crippen LogP) is 4.65. The number of rotatable bonds is 6. The van der Waals surface area contributed by atoms with Crippen LogP contribution in [0, 0.1) is 12.7 Å². The van der Waals surface area contributed by atoms with E-state index in [1.54, 1.807) is 17.4 Å². The molecule has 0 fully saturated rings. The Morgan fingerprint density at radius 1 is 1.20 bits per heavy atom. The largest absolute Gasteiger partial charge is 0.309 e. The molecule has 0 saturated carbocycles. The minimum atomic E-state index is -0.150. The van der Waals surface area contributed by atoms with Crippen LogP contribution in [0.3, 0.4) is 0 Å². The summed E-state index contributed by atoms with van der Waals surface area (Å²) in [5.41, 5.74) is 3.64. The first kappa shape index (κ1) is 15.2. The molecule has 1 N–H and O–H groups in total. The summed E-state index contributed by atoms with van der Waals surface area (Å²) in [6, 6.07) is 7.53. The topological polar surface area (TPSA) is 12.0 Å². The molecule has 0 aliphatic rings. The lowest BCUT2D eigenvalue weighted by Gasteiger charge is -2.19. The van der Waals surface area contributed by atoms with Crippen LogP contribution in [-0.4, -0.2) is 6.54 Å². The molecule has 20 heavy (non-hydrogen) atoms. The van der Waals surface area contributed by atoms with E-state index in [0.717, 1.165) is 30.5 Å². The fraction of sp³-hybridized carbons (Fsp3) is 0.412. The van der Waals surface area contributed by atoms with Crippen molar-refractivity contribution in [1.29, 1.82) is 0 Å². The number of halogens is 1. The van der Waals surface area contributed by atoms with Crippen molar-refractivity contribution >= 4 is 11.3 Å². The van der Waals surface area contributed by atoms with Gasteiger partial charge in [-0.15, -0.1) is 11.3 Å². The molecule has 1 aromatic heterocycles. The summed E-state index contributed by atoms with van der Waals surface area (Å²) in [4.78, 5) is 1.39. The highest BCUT2D eigenvalue weighted by Gasteiger charge is 2.17. The summed E-state index contributed by atoms with van der Waals surface area (Å²) in [5.74, 6) is -0.150. The average Bonchev–Trinajstić information content (AvgIpc) is 2.90. The summed E-state index contributed by atoms with van der Waals surface area (Å²) in [5, 5.41) is 5.69. The van der Waals surface area contributed by atoms with Gasteiger partial charge in [0.05, 0.1) is 0 Å². The van der Waals surface area contributed by atoms with E-state index in [0.29, 0.717) is 0 Å². The van der Waals surface area contributed by atoms with E-state index in [4.69, 9.17) is 0 Å². The van der Waals surface area contributed by atoms with Crippen molar-refractivity contribution in [3.63, 3.8) is 0 Å². The minimum Gasteiger partial charge on any atom is -0.309 e. The zero-order valence-corrected chi connectivity index (χ0v) is 13.2. The second-order valence-corrected chi connectivity index (χ2v) is 6.00. The van der Waals surface area contributed by atoms with Gasteiger partial charge in [0.1, 0.15) is 5.82 Å². The zero-order valence-electron chi connectivity index (χ0n) is 12.4. The molecule has 1 nitrogen and oxygen atoms in total. The molecule has 0 aliphatic heterocycles. The summed E-state index contributed by atoms with van der Waals surface area (Å²) < 4.78 is 13.5. The standard InChI is InChI=1S/C17H22FNS/c1-4-13-8-9-20-17(13)16(19-5-2)11-14-10-15(18)7-6-12(14)3/h6-10,16,19H,4-5,11H2,1-3H3. The lowest BCUT2D eigenvalue weighted by atomic mass is 9.98. The normalized spacial score (nSPS) is 12.6. The second-order valence-electron chi connectivity index (χ2n) is 5.05. The molecule has 0 saturated heterocycles. The van der Waals surface area contributed by atoms with Gasteiger partial charge in [-0.05, 0) is 66.6 Å². The van der Waals surface area contributed by atoms with Gasteiger partial charge < -0.3 is 5.32 Å². The number of likely N-dealkylation sites (N-methyl/N-ethyl adjacent to an activating group) is 1. The summed E-state index contributed by atoms with van der Waals surface area (Å²) in [7, 11) is 0. The molecule has 2 rings (SSSR count). The highest BCUT2D eigenvalue weighted by atomic mass is 32.1. The number of hydrogen-bond acceptors (Lipinski definition) is 2. The second kappa shape index (κ2) is 7.00. The number of aryl methyl sites for hydroxylation is 2. The molecule has 0 spiro atoms. The van der Waals surface area contributed by atoms with Crippen molar-refractivity contribution in [3.8, 4) is 0 Å². The van der Waals surface area contributed by atoms with Crippen molar-refractivity contribution in [2.24, 2.45) is 0 Å². The first-order chi connectivity index (χ1) is 9.65. The Labute approximate surface area is 124 Å². The van der Waals surface area contributed by atoms with Crippen LogP contribution in [0.25, 0.3) is 0 Å². The van der Waals surface area contributed by atoms with E-state index in [1.807, 2.05) is 13.0 Å². The number of hydrogen-bond donors (Lipinski definition) is 1. The molecule has 0 aliphatic carbocycles. The summed E-state index contributed by atoms with van der Waals surface area (Å²) >= 11 is 1.80. The zero-order chi connectivity index (χ0) is 14.5. The van der Waals surface area contributed by atoms with Crippen LogP contribution in [0.2, 0.25) is 0 Å². The van der Waals surface area contributed by atoms with Crippen molar-refractivity contribution in [2.45, 2.75) is 39.7 Å². The lowest BCUT2D eigenvalue weighted by Crippen LogP contribution is -2.23. The lowest BCUT2D eigenvalue weighted by molar-refractivity contribution is 0.550. The average molecular weight is 291 g/mol. The molecule has 1 unspecified atom stereocenters. The van der Waals surface area contributed by atoms with E-state index in [-0.39, 0.29) is 11.9 Å². The van der Waals surface area contributed by atoms with Gasteiger partial charge in [-0.1, -0.05) is 19.9 Å². The third-order valence-electron chi connectivity index (χ3n) is 3.66. The van der Waals surface area contributed by atoms with E-state index in [2.05, 4.69) is 30.6 Å². The number of benzene rings is 1. The Balaban J connectivity index is 2.27. The van der Waals surface area contributed by atoms with Crippen molar-refractivity contribution in [1.82, 2.24) is 5.32 Å². The Morgan fingerprint density at radius 2 is 2.00 bits per heavy atom. The fourth-order valence-electron chi connectivity index (χ4n) is 2.53. The monoisotopic (exact) mass is 291 g/mol. The van der Waals surface area contributed by atoms with E-state index < -0.39 is 0 Å². The minimum absolute atomic E-state index is 0.150. The molecule has 3 heteroatoms. The quantitative estimate of drug-likeness (QED) is 0.817. The molecule has 1 atom stereocenters. The van der Waals surface area contributed by atoms with Gasteiger partial charge in [0.2, 0.25) is 0 Å². The summed E-state index contributed by atoms with van der Waals surface area (Å²) in [6.45, 7) is 7.26. The molecule has 0 radical (unpaired) electrons. The first-order valence-corrected chi connectivity index (χ1v) is 8.08. The van der Waals surface area contributed by atoms with Crippen LogP contribution in [-0.2, 0) is 12.8 Å². The predicted molar refractivity (Wildman–Crippen MR) is 85.0 cm³/mol. The molecule has 0 amide bonds. The van der Waals surface area contributed by atoms with Crippen LogP contribution in [0.15, 0.2) is 29.6 Å². The van der Waals surface area contributed by atoms with Gasteiger partial charge >= 0.3 is 0 Å². The Kier molecular flexibility index (Phi) is 5.32. The fourth-order valence-corrected chi connectivity index (χ4v) is 3.60. The molecule has 1 heterocycles. The molecular weight excluding hydrogens is 269 g/mol. The number of nitrogens with one attached hydrogen (secondary N) is 1. The molecule has 0 bridgehead atoms. The van der Waals surface area contributed by atoms with E-state index in [9.17, 15) is 4.39 Å². The summed E-state index contributed by atoms with van der Waals surface area (Å²) in [6.07, 6.45) is 1.88. The van der Waals surface area contributed by atoms with Crippen molar-refractivity contribution in [3.05, 3.63) is 57.0 Å². The van der Waals surface area contributed by atoms with Crippen molar-refractivity contribution < 1.29 is 4.39 Å². The first-order valence-electron chi connectivity index (χ1n) is 7.20. The van der Waals surface area contributed by atoms with Crippen LogP contribution >= 0.6 is 11.3 Å². The Morgan fingerprint density at radius 3 is 2.70 bits per heavy atom. The number of thiophene rings is 1. The maximum atomic E-state index is 13.5. The third-order valence-corrected chi connectivity index (χ3v) is 4.74. The van der Waals surface area contributed by atoms with E-state index >= 15 is 0 Å². The molecular formula is C17H22FNS. The smallest absolute Gasteiger partial charge is 0.123 e. The van der Waals surface area contributed by atoms with Gasteiger partial charge in [-0.25, -0.2) is 4.39 Å². The Bertz CT molecular complexity index is 562. The molecule has 108 valence electrons. The van der Waals surface area contributed by atoms with E-state index in [1.165, 1.54) is 16.5 Å². The van der Waals surface area contributed by atoms with Gasteiger partial charge in [0.25, 0.3) is 0 Å². The van der Waals surface area contributed by atoms with Crippen LogP contribution in [0.4, 0.5) is 4.39 Å². The molecule has 1 aromatic carbocycles. The third kappa shape index (κ3) is 3.47. The maximum Gasteiger partial charge on any atom is 0.123 e. The molecule has 2 aromatic rings. The van der Waals surface area contributed by atoms with Gasteiger partial charge in [0, 0.05) is 10.9 Å². The van der Waals surface area contributed by atoms with Crippen LogP contribution in [0.5, 0.6) is 0 Å². The van der Waals surface area contributed by atoms with Crippen molar-refractivity contribution in [2.75, 3.05) is 6.54 Å². The highest BCUT2D eigenvalue weighted by Crippen LogP contribution is 2.28. The van der Waals surface area contributed by atoms with Crippen LogP contribution in [0.1, 0.15) is 41.5 Å². The maximum absolute atomic E-state index is 13.5. The van der Waals surface area contributed by atoms with Gasteiger partial charge in [0.15, 0.2) is 0 Å². The van der Waals surface area contributed by atoms with Gasteiger partial charge in [-0.3, -0.25) is 0 Å². The highest BCUT2D eigenvalue weighted by molar-refractivity contribution is 7.10. The SMILES string of the molecule is CCNC(Cc1cc(F)ccc1C)c1sccc1CC. The van der Waals surface area contributed by atoms with Crippen LogP contribution < -0.4 is 5.32 Å².